The third-order valence-electron chi connectivity index (χ3n) is 2.58. The van der Waals surface area contributed by atoms with Crippen molar-refractivity contribution in [3.05, 3.63) is 34.6 Å². The van der Waals surface area contributed by atoms with Crippen molar-refractivity contribution in [2.24, 2.45) is 0 Å². The molecule has 0 saturated heterocycles. The number of nitrogens with one attached hydrogen (secondary N) is 1. The molecule has 0 aliphatic carbocycles. The molecule has 2 rings (SSSR count). The van der Waals surface area contributed by atoms with E-state index in [1.54, 1.807) is 0 Å². The molecule has 0 bridgehead atoms. The van der Waals surface area contributed by atoms with Crippen LogP contribution in [0, 0.1) is 6.92 Å². The topological polar surface area (TPSA) is 73.1 Å². The maximum absolute atomic E-state index is 5.98. The Kier molecular flexibility index (Phi) is 4.21. The molecule has 0 radical (unpaired) electrons. The molecule has 2 aromatic rings. The average Bonchev–Trinajstić information content (AvgIpc) is 2.39. The third kappa shape index (κ3) is 3.14. The zero-order valence-electron chi connectivity index (χ0n) is 10.8. The first-order valence-corrected chi connectivity index (χ1v) is 6.67. The van der Waals surface area contributed by atoms with Crippen LogP contribution in [0.5, 0.6) is 5.88 Å². The van der Waals surface area contributed by atoms with Crippen LogP contribution in [0.1, 0.15) is 12.5 Å². The molecule has 0 aliphatic heterocycles. The summed E-state index contributed by atoms with van der Waals surface area (Å²) < 4.78 is 6.33. The first-order valence-electron chi connectivity index (χ1n) is 5.88. The molecule has 0 atom stereocenters. The van der Waals surface area contributed by atoms with E-state index < -0.39 is 0 Å². The van der Waals surface area contributed by atoms with Crippen LogP contribution in [0.3, 0.4) is 0 Å². The summed E-state index contributed by atoms with van der Waals surface area (Å²) in [5.74, 6) is 0.937. The highest BCUT2D eigenvalue weighted by Crippen LogP contribution is 2.29. The number of anilines is 3. The minimum Gasteiger partial charge on any atom is -0.476 e. The number of hydrogen-bond donors (Lipinski definition) is 2. The summed E-state index contributed by atoms with van der Waals surface area (Å²) in [5, 5.41) is 3.19. The lowest BCUT2D eigenvalue weighted by Crippen LogP contribution is -2.05. The van der Waals surface area contributed by atoms with Crippen molar-refractivity contribution in [2.75, 3.05) is 17.7 Å². The highest BCUT2D eigenvalue weighted by atomic mass is 79.9. The van der Waals surface area contributed by atoms with E-state index in [0.29, 0.717) is 24.0 Å². The summed E-state index contributed by atoms with van der Waals surface area (Å²) >= 11 is 3.44. The van der Waals surface area contributed by atoms with E-state index in [4.69, 9.17) is 10.5 Å². The van der Waals surface area contributed by atoms with E-state index in [1.807, 2.05) is 32.0 Å². The molecule has 19 heavy (non-hydrogen) atoms. The van der Waals surface area contributed by atoms with Gasteiger partial charge in [-0.05, 0) is 31.5 Å². The van der Waals surface area contributed by atoms with E-state index >= 15 is 0 Å². The van der Waals surface area contributed by atoms with E-state index in [-0.39, 0.29) is 0 Å². The Morgan fingerprint density at radius 1 is 1.37 bits per heavy atom. The third-order valence-corrected chi connectivity index (χ3v) is 3.07. The predicted molar refractivity (Wildman–Crippen MR) is 79.8 cm³/mol. The minimum atomic E-state index is 0.396. The molecule has 0 saturated carbocycles. The van der Waals surface area contributed by atoms with Gasteiger partial charge in [-0.3, -0.25) is 0 Å². The molecule has 1 heterocycles. The fraction of sp³-hybridized carbons (Fsp3) is 0.231. The summed E-state index contributed by atoms with van der Waals surface area (Å²) in [5.41, 5.74) is 8.42. The van der Waals surface area contributed by atoms with Gasteiger partial charge >= 0.3 is 0 Å². The molecule has 6 heteroatoms. The largest absolute Gasteiger partial charge is 0.476 e. The summed E-state index contributed by atoms with van der Waals surface area (Å²) in [6.45, 7) is 4.40. The summed E-state index contributed by atoms with van der Waals surface area (Å²) in [4.78, 5) is 8.15. The second-order valence-corrected chi connectivity index (χ2v) is 4.87. The van der Waals surface area contributed by atoms with Crippen molar-refractivity contribution in [2.45, 2.75) is 13.8 Å². The monoisotopic (exact) mass is 322 g/mol. The van der Waals surface area contributed by atoms with E-state index in [9.17, 15) is 0 Å². The van der Waals surface area contributed by atoms with Crippen molar-refractivity contribution in [3.63, 3.8) is 0 Å². The fourth-order valence-corrected chi connectivity index (χ4v) is 1.95. The molecule has 1 aromatic heterocycles. The number of ether oxygens (including phenoxy) is 1. The van der Waals surface area contributed by atoms with Crippen LogP contribution in [0.15, 0.2) is 29.0 Å². The predicted octanol–water partition coefficient (Wildman–Crippen LogP) is 3.27. The number of aromatic nitrogens is 2. The Morgan fingerprint density at radius 2 is 2.16 bits per heavy atom. The molecule has 100 valence electrons. The minimum absolute atomic E-state index is 0.396. The second-order valence-electron chi connectivity index (χ2n) is 3.96. The normalized spacial score (nSPS) is 10.3. The number of hydrogen-bond acceptors (Lipinski definition) is 5. The molecule has 0 amide bonds. The quantitative estimate of drug-likeness (QED) is 0.903. The van der Waals surface area contributed by atoms with E-state index in [0.717, 1.165) is 15.7 Å². The Morgan fingerprint density at radius 3 is 2.89 bits per heavy atom. The van der Waals surface area contributed by atoms with Crippen LogP contribution in [0.2, 0.25) is 0 Å². The van der Waals surface area contributed by atoms with Gasteiger partial charge in [0.1, 0.15) is 12.0 Å². The Bertz CT molecular complexity index is 589. The smallest absolute Gasteiger partial charge is 0.242 e. The van der Waals surface area contributed by atoms with Crippen molar-refractivity contribution < 1.29 is 4.74 Å². The van der Waals surface area contributed by atoms with Crippen LogP contribution in [-0.4, -0.2) is 16.6 Å². The molecular formula is C13H15BrN4O. The van der Waals surface area contributed by atoms with Gasteiger partial charge in [0.25, 0.3) is 0 Å². The summed E-state index contributed by atoms with van der Waals surface area (Å²) in [6.07, 6.45) is 1.43. The number of nitrogens with two attached hydrogens (primary N) is 1. The van der Waals surface area contributed by atoms with Gasteiger partial charge in [0.05, 0.1) is 6.61 Å². The van der Waals surface area contributed by atoms with Crippen molar-refractivity contribution in [3.8, 4) is 5.88 Å². The van der Waals surface area contributed by atoms with Crippen LogP contribution in [0.4, 0.5) is 17.2 Å². The zero-order chi connectivity index (χ0) is 13.8. The Hall–Kier alpha value is -1.82. The highest BCUT2D eigenvalue weighted by Gasteiger charge is 2.10. The lowest BCUT2D eigenvalue weighted by Gasteiger charge is -2.13. The van der Waals surface area contributed by atoms with Crippen molar-refractivity contribution in [1.82, 2.24) is 9.97 Å². The number of aryl methyl sites for hydroxylation is 1. The molecule has 0 aliphatic rings. The van der Waals surface area contributed by atoms with E-state index in [2.05, 4.69) is 31.2 Å². The standard InChI is InChI=1S/C13H15BrN4O/c1-3-19-13-11(15)12(16-7-17-13)18-10-6-9(14)5-4-8(10)2/h4-7H,3,15H2,1-2H3,(H,16,17,18). The lowest BCUT2D eigenvalue weighted by atomic mass is 10.2. The Balaban J connectivity index is 2.33. The van der Waals surface area contributed by atoms with Crippen LogP contribution >= 0.6 is 15.9 Å². The fourth-order valence-electron chi connectivity index (χ4n) is 1.59. The summed E-state index contributed by atoms with van der Waals surface area (Å²) in [6, 6.07) is 5.96. The molecular weight excluding hydrogens is 308 g/mol. The maximum atomic E-state index is 5.98. The number of nitrogens with zero attached hydrogens (tertiary/aromatic N) is 2. The van der Waals surface area contributed by atoms with Crippen molar-refractivity contribution in [1.29, 1.82) is 0 Å². The van der Waals surface area contributed by atoms with Crippen LogP contribution in [-0.2, 0) is 0 Å². The molecule has 3 N–H and O–H groups in total. The number of halogens is 1. The lowest BCUT2D eigenvalue weighted by molar-refractivity contribution is 0.328. The molecule has 0 unspecified atom stereocenters. The van der Waals surface area contributed by atoms with Gasteiger partial charge in [0, 0.05) is 10.2 Å². The average molecular weight is 323 g/mol. The van der Waals surface area contributed by atoms with Crippen LogP contribution < -0.4 is 15.8 Å². The van der Waals surface area contributed by atoms with Crippen LogP contribution in [0.25, 0.3) is 0 Å². The summed E-state index contributed by atoms with van der Waals surface area (Å²) in [7, 11) is 0. The Labute approximate surface area is 120 Å². The van der Waals surface area contributed by atoms with Gasteiger partial charge < -0.3 is 15.8 Å². The van der Waals surface area contributed by atoms with Gasteiger partial charge in [0.15, 0.2) is 5.82 Å². The number of rotatable bonds is 4. The van der Waals surface area contributed by atoms with Gasteiger partial charge in [-0.25, -0.2) is 4.98 Å². The molecule has 0 fully saturated rings. The zero-order valence-corrected chi connectivity index (χ0v) is 12.4. The molecule has 0 spiro atoms. The molecule has 5 nitrogen and oxygen atoms in total. The maximum Gasteiger partial charge on any atom is 0.242 e. The second kappa shape index (κ2) is 5.88. The number of benzene rings is 1. The van der Waals surface area contributed by atoms with Gasteiger partial charge in [0.2, 0.25) is 5.88 Å². The SMILES string of the molecule is CCOc1ncnc(Nc2cc(Br)ccc2C)c1N. The first-order chi connectivity index (χ1) is 9.11. The van der Waals surface area contributed by atoms with Crippen molar-refractivity contribution >= 4 is 33.1 Å². The number of nitrogen functional groups attached to an aromatic ring is 1. The van der Waals surface area contributed by atoms with Gasteiger partial charge in [-0.1, -0.05) is 22.0 Å². The van der Waals surface area contributed by atoms with Gasteiger partial charge in [-0.15, -0.1) is 0 Å². The highest BCUT2D eigenvalue weighted by molar-refractivity contribution is 9.10. The van der Waals surface area contributed by atoms with E-state index in [1.165, 1.54) is 6.33 Å². The molecule has 1 aromatic carbocycles. The van der Waals surface area contributed by atoms with Gasteiger partial charge in [-0.2, -0.15) is 4.98 Å². The first kappa shape index (κ1) is 13.6.